The lowest BCUT2D eigenvalue weighted by molar-refractivity contribution is -0.115. The number of aromatic amines is 1. The number of aromatic nitrogens is 2. The van der Waals surface area contributed by atoms with E-state index >= 15 is 0 Å². The number of methoxy groups -OCH3 is 3. The zero-order chi connectivity index (χ0) is 26.4. The van der Waals surface area contributed by atoms with Crippen molar-refractivity contribution in [2.24, 2.45) is 0 Å². The maximum Gasteiger partial charge on any atom is 0.225 e. The van der Waals surface area contributed by atoms with E-state index in [1.165, 1.54) is 11.8 Å². The second kappa shape index (κ2) is 12.1. The average molecular weight is 538 g/mol. The van der Waals surface area contributed by atoms with Gasteiger partial charge in [-0.25, -0.2) is 4.98 Å². The molecule has 2 N–H and O–H groups in total. The number of imidazole rings is 1. The van der Waals surface area contributed by atoms with Gasteiger partial charge in [-0.1, -0.05) is 23.4 Å². The van der Waals surface area contributed by atoms with Crippen molar-refractivity contribution in [2.75, 3.05) is 32.4 Å². The van der Waals surface area contributed by atoms with Crippen molar-refractivity contribution >= 4 is 35.0 Å². The van der Waals surface area contributed by atoms with E-state index < -0.39 is 0 Å². The third-order valence-corrected chi connectivity index (χ3v) is 7.03. The molecule has 192 valence electrons. The molecule has 0 saturated heterocycles. The number of benzene rings is 3. The van der Waals surface area contributed by atoms with E-state index in [0.29, 0.717) is 28.6 Å². The highest BCUT2D eigenvalue weighted by molar-refractivity contribution is 7.99. The summed E-state index contributed by atoms with van der Waals surface area (Å²) < 4.78 is 15.9. The molecule has 1 amide bonds. The van der Waals surface area contributed by atoms with Crippen molar-refractivity contribution in [3.05, 3.63) is 71.2 Å². The highest BCUT2D eigenvalue weighted by Crippen LogP contribution is 2.35. The number of amides is 1. The number of aryl methyl sites for hydroxylation is 1. The Morgan fingerprint density at radius 2 is 1.57 bits per heavy atom. The standard InChI is InChI=1S/C28H28ClN3O4S/c1-17-15-23(24(36-4)16-22(17)29)30-25(33)13-14-37-28-31-26(18-5-9-20(34-2)10-6-18)27(32-28)19-7-11-21(35-3)12-8-19/h5-12,15-16H,13-14H2,1-4H3,(H,30,33)(H,31,32). The Morgan fingerprint density at radius 3 is 2.16 bits per heavy atom. The zero-order valence-corrected chi connectivity index (χ0v) is 22.6. The van der Waals surface area contributed by atoms with Crippen LogP contribution >= 0.6 is 23.4 Å². The monoisotopic (exact) mass is 537 g/mol. The zero-order valence-electron chi connectivity index (χ0n) is 21.1. The second-order valence-electron chi connectivity index (χ2n) is 8.17. The highest BCUT2D eigenvalue weighted by atomic mass is 35.5. The van der Waals surface area contributed by atoms with Crippen LogP contribution in [-0.2, 0) is 4.79 Å². The topological polar surface area (TPSA) is 85.5 Å². The smallest absolute Gasteiger partial charge is 0.225 e. The number of nitrogens with one attached hydrogen (secondary N) is 2. The van der Waals surface area contributed by atoms with Crippen LogP contribution in [0.5, 0.6) is 17.2 Å². The molecule has 37 heavy (non-hydrogen) atoms. The van der Waals surface area contributed by atoms with Crippen molar-refractivity contribution in [1.82, 2.24) is 9.97 Å². The van der Waals surface area contributed by atoms with Gasteiger partial charge in [0.1, 0.15) is 17.2 Å². The van der Waals surface area contributed by atoms with Gasteiger partial charge < -0.3 is 24.5 Å². The fourth-order valence-corrected chi connectivity index (χ4v) is 4.69. The largest absolute Gasteiger partial charge is 0.497 e. The lowest BCUT2D eigenvalue weighted by atomic mass is 10.0. The van der Waals surface area contributed by atoms with Gasteiger partial charge in [0.15, 0.2) is 5.16 Å². The van der Waals surface area contributed by atoms with Crippen LogP contribution in [0.15, 0.2) is 65.8 Å². The summed E-state index contributed by atoms with van der Waals surface area (Å²) in [6.07, 6.45) is 0.298. The molecule has 0 unspecified atom stereocenters. The third-order valence-electron chi connectivity index (χ3n) is 5.75. The number of carbonyl (C=O) groups is 1. The molecule has 0 aliphatic rings. The minimum absolute atomic E-state index is 0.121. The first-order valence-corrected chi connectivity index (χ1v) is 12.9. The van der Waals surface area contributed by atoms with E-state index in [-0.39, 0.29) is 5.91 Å². The Kier molecular flexibility index (Phi) is 8.63. The second-order valence-corrected chi connectivity index (χ2v) is 9.66. The van der Waals surface area contributed by atoms with Gasteiger partial charge in [0, 0.05) is 34.4 Å². The number of hydrogen-bond donors (Lipinski definition) is 2. The SMILES string of the molecule is COc1ccc(-c2nc(SCCC(=O)Nc3cc(C)c(Cl)cc3OC)[nH]c2-c2ccc(OC)cc2)cc1. The fourth-order valence-electron chi connectivity index (χ4n) is 3.73. The van der Waals surface area contributed by atoms with E-state index in [1.807, 2.05) is 55.5 Å². The van der Waals surface area contributed by atoms with Crippen LogP contribution in [0.4, 0.5) is 5.69 Å². The predicted molar refractivity (Wildman–Crippen MR) is 149 cm³/mol. The molecule has 3 aromatic carbocycles. The molecule has 0 spiro atoms. The Bertz CT molecular complexity index is 1310. The lowest BCUT2D eigenvalue weighted by Crippen LogP contribution is -2.13. The van der Waals surface area contributed by atoms with Gasteiger partial charge >= 0.3 is 0 Å². The Balaban J connectivity index is 1.50. The molecule has 0 atom stereocenters. The van der Waals surface area contributed by atoms with Crippen molar-refractivity contribution in [1.29, 1.82) is 0 Å². The first-order chi connectivity index (χ1) is 17.9. The Morgan fingerprint density at radius 1 is 0.946 bits per heavy atom. The molecule has 0 aliphatic heterocycles. The summed E-state index contributed by atoms with van der Waals surface area (Å²) >= 11 is 7.65. The van der Waals surface area contributed by atoms with Crippen LogP contribution in [0.2, 0.25) is 5.02 Å². The summed E-state index contributed by atoms with van der Waals surface area (Å²) in [5.41, 5.74) is 5.11. The molecule has 0 fully saturated rings. The molecule has 0 aliphatic carbocycles. The summed E-state index contributed by atoms with van der Waals surface area (Å²) in [6, 6.07) is 19.1. The van der Waals surface area contributed by atoms with E-state index in [4.69, 9.17) is 30.8 Å². The van der Waals surface area contributed by atoms with Gasteiger partial charge in [0.25, 0.3) is 0 Å². The van der Waals surface area contributed by atoms with Crippen molar-refractivity contribution in [2.45, 2.75) is 18.5 Å². The molecular formula is C28H28ClN3O4S. The maximum absolute atomic E-state index is 12.6. The lowest BCUT2D eigenvalue weighted by Gasteiger charge is -2.12. The van der Waals surface area contributed by atoms with Gasteiger partial charge in [0.05, 0.1) is 38.4 Å². The van der Waals surface area contributed by atoms with E-state index in [1.54, 1.807) is 33.5 Å². The number of rotatable bonds is 10. The van der Waals surface area contributed by atoms with Gasteiger partial charge in [-0.3, -0.25) is 4.79 Å². The minimum Gasteiger partial charge on any atom is -0.497 e. The Hall–Kier alpha value is -3.62. The fraction of sp³-hybridized carbons (Fsp3) is 0.214. The number of ether oxygens (including phenoxy) is 3. The minimum atomic E-state index is -0.121. The molecule has 7 nitrogen and oxygen atoms in total. The van der Waals surface area contributed by atoms with E-state index in [0.717, 1.165) is 44.7 Å². The normalized spacial score (nSPS) is 10.7. The first kappa shape index (κ1) is 26.4. The summed E-state index contributed by atoms with van der Waals surface area (Å²) in [5, 5.41) is 4.23. The summed E-state index contributed by atoms with van der Waals surface area (Å²) in [7, 11) is 4.83. The van der Waals surface area contributed by atoms with Gasteiger partial charge in [0.2, 0.25) is 5.91 Å². The van der Waals surface area contributed by atoms with Gasteiger partial charge in [-0.15, -0.1) is 0 Å². The van der Waals surface area contributed by atoms with E-state index in [2.05, 4.69) is 10.3 Å². The van der Waals surface area contributed by atoms with E-state index in [9.17, 15) is 4.79 Å². The molecular weight excluding hydrogens is 510 g/mol. The Labute approximate surface area is 225 Å². The maximum atomic E-state index is 12.6. The molecule has 9 heteroatoms. The molecule has 4 rings (SSSR count). The van der Waals surface area contributed by atoms with Crippen molar-refractivity contribution in [3.63, 3.8) is 0 Å². The molecule has 1 heterocycles. The number of thioether (sulfide) groups is 1. The van der Waals surface area contributed by atoms with Gasteiger partial charge in [-0.05, 0) is 67.1 Å². The van der Waals surface area contributed by atoms with Crippen molar-refractivity contribution < 1.29 is 19.0 Å². The van der Waals surface area contributed by atoms with Crippen LogP contribution in [0, 0.1) is 6.92 Å². The van der Waals surface area contributed by atoms with Crippen LogP contribution in [0.25, 0.3) is 22.5 Å². The van der Waals surface area contributed by atoms with Crippen LogP contribution in [0.1, 0.15) is 12.0 Å². The molecule has 1 aromatic heterocycles. The number of H-pyrrole nitrogens is 1. The molecule has 4 aromatic rings. The number of halogens is 1. The number of carbonyl (C=O) groups excluding carboxylic acids is 1. The predicted octanol–water partition coefficient (Wildman–Crippen LogP) is 6.85. The van der Waals surface area contributed by atoms with Gasteiger partial charge in [-0.2, -0.15) is 0 Å². The molecule has 0 bridgehead atoms. The molecule has 0 saturated carbocycles. The summed E-state index contributed by atoms with van der Waals surface area (Å²) in [6.45, 7) is 1.88. The van der Waals surface area contributed by atoms with Crippen LogP contribution in [-0.4, -0.2) is 43.0 Å². The van der Waals surface area contributed by atoms with Crippen LogP contribution in [0.3, 0.4) is 0 Å². The number of anilines is 1. The highest BCUT2D eigenvalue weighted by Gasteiger charge is 2.16. The van der Waals surface area contributed by atoms with Crippen molar-refractivity contribution in [3.8, 4) is 39.8 Å². The first-order valence-electron chi connectivity index (χ1n) is 11.6. The number of hydrogen-bond acceptors (Lipinski definition) is 6. The molecule has 0 radical (unpaired) electrons. The quantitative estimate of drug-likeness (QED) is 0.215. The average Bonchev–Trinajstić information content (AvgIpc) is 3.34. The summed E-state index contributed by atoms with van der Waals surface area (Å²) in [5.74, 6) is 2.50. The summed E-state index contributed by atoms with van der Waals surface area (Å²) in [4.78, 5) is 20.9. The van der Waals surface area contributed by atoms with Crippen LogP contribution < -0.4 is 19.5 Å². The third kappa shape index (κ3) is 6.39. The number of nitrogens with zero attached hydrogens (tertiary/aromatic N) is 1.